The highest BCUT2D eigenvalue weighted by Crippen LogP contribution is 2.36. The van der Waals surface area contributed by atoms with Gasteiger partial charge in [-0.05, 0) is 62.9 Å². The number of nitrogen functional groups attached to an aromatic ring is 1. The number of aryl methyl sites for hydroxylation is 1. The molecule has 3 N–H and O–H groups in total. The van der Waals surface area contributed by atoms with Crippen LogP contribution in [0.15, 0.2) is 36.8 Å². The Labute approximate surface area is 194 Å². The Bertz CT molecular complexity index is 1340. The highest BCUT2D eigenvalue weighted by Gasteiger charge is 2.30. The van der Waals surface area contributed by atoms with Gasteiger partial charge in [-0.3, -0.25) is 4.68 Å². The number of hydrogen-bond donors (Lipinski definition) is 2. The van der Waals surface area contributed by atoms with Gasteiger partial charge in [0.25, 0.3) is 6.43 Å². The van der Waals surface area contributed by atoms with Crippen molar-refractivity contribution in [2.45, 2.75) is 45.1 Å². The molecule has 0 spiro atoms. The number of halogens is 3. The van der Waals surface area contributed by atoms with Crippen LogP contribution in [0.5, 0.6) is 5.75 Å². The van der Waals surface area contributed by atoms with Gasteiger partial charge in [0.2, 0.25) is 0 Å². The molecule has 1 saturated heterocycles. The fourth-order valence-electron chi connectivity index (χ4n) is 3.61. The molecule has 3 heterocycles. The molecule has 170 valence electrons. The third kappa shape index (κ3) is 4.43. The fraction of sp³-hybridized carbons (Fsp3) is 0.391. The predicted molar refractivity (Wildman–Crippen MR) is 116 cm³/mol. The van der Waals surface area contributed by atoms with Crippen molar-refractivity contribution in [3.05, 3.63) is 59.3 Å². The highest BCUT2D eigenvalue weighted by molar-refractivity contribution is 5.66. The van der Waals surface area contributed by atoms with Crippen molar-refractivity contribution in [1.29, 1.82) is 0 Å². The first kappa shape index (κ1) is 14.9. The van der Waals surface area contributed by atoms with Gasteiger partial charge in [0, 0.05) is 37.3 Å². The second-order valence-electron chi connectivity index (χ2n) is 7.41. The van der Waals surface area contributed by atoms with Crippen LogP contribution in [-0.4, -0.2) is 34.3 Å². The predicted octanol–water partition coefficient (Wildman–Crippen LogP) is 4.59. The molecule has 3 aromatic rings. The van der Waals surface area contributed by atoms with Crippen molar-refractivity contribution in [3.63, 3.8) is 0 Å². The van der Waals surface area contributed by atoms with Crippen LogP contribution in [0, 0.1) is 19.5 Å². The maximum absolute atomic E-state index is 14.8. The van der Waals surface area contributed by atoms with E-state index in [1.165, 1.54) is 18.5 Å². The Hall–Kier alpha value is -3.07. The van der Waals surface area contributed by atoms with Crippen molar-refractivity contribution in [2.24, 2.45) is 0 Å². The van der Waals surface area contributed by atoms with Crippen LogP contribution in [-0.2, 0) is 0 Å². The summed E-state index contributed by atoms with van der Waals surface area (Å²) in [6.07, 6.45) is -1.18. The van der Waals surface area contributed by atoms with E-state index < -0.39 is 60.3 Å². The SMILES string of the molecule is [2H]C([2H])([2H])c1ccc(F)c(C([2H])([2H])[2H])c1C([2H])(Oc1cc(-c2cnn(C3CCNCC3)c2)cnc1N)C(F)F. The minimum atomic E-state index is -3.83. The number of benzene rings is 1. The number of rotatable bonds is 6. The number of piperidine rings is 1. The van der Waals surface area contributed by atoms with Gasteiger partial charge < -0.3 is 15.8 Å². The molecule has 0 bridgehead atoms. The maximum Gasteiger partial charge on any atom is 0.279 e. The average molecular weight is 453 g/mol. The van der Waals surface area contributed by atoms with Crippen LogP contribution >= 0.6 is 0 Å². The molecule has 4 rings (SSSR count). The number of pyridine rings is 1. The van der Waals surface area contributed by atoms with Crippen LogP contribution in [0.1, 0.15) is 51.2 Å². The van der Waals surface area contributed by atoms with Gasteiger partial charge in [0.15, 0.2) is 17.6 Å². The molecule has 0 aliphatic carbocycles. The smallest absolute Gasteiger partial charge is 0.279 e. The van der Waals surface area contributed by atoms with Crippen LogP contribution in [0.3, 0.4) is 0 Å². The van der Waals surface area contributed by atoms with E-state index >= 15 is 0 Å². The number of nitrogens with two attached hydrogens (primary N) is 1. The fourth-order valence-corrected chi connectivity index (χ4v) is 3.61. The molecule has 9 heteroatoms. The molecular weight excluding hydrogens is 419 g/mol. The summed E-state index contributed by atoms with van der Waals surface area (Å²) in [5.74, 6) is -2.46. The van der Waals surface area contributed by atoms with Gasteiger partial charge in [-0.15, -0.1) is 0 Å². The third-order valence-corrected chi connectivity index (χ3v) is 5.32. The highest BCUT2D eigenvalue weighted by atomic mass is 19.3. The summed E-state index contributed by atoms with van der Waals surface area (Å²) in [5, 5.41) is 7.63. The van der Waals surface area contributed by atoms with E-state index in [0.717, 1.165) is 25.9 Å². The summed E-state index contributed by atoms with van der Waals surface area (Å²) in [6.45, 7) is -4.91. The van der Waals surface area contributed by atoms with Gasteiger partial charge in [-0.2, -0.15) is 5.10 Å². The van der Waals surface area contributed by atoms with Crippen molar-refractivity contribution >= 4 is 5.82 Å². The van der Waals surface area contributed by atoms with E-state index in [1.807, 2.05) is 0 Å². The van der Waals surface area contributed by atoms with E-state index in [1.54, 1.807) is 10.9 Å². The van der Waals surface area contributed by atoms with Crippen molar-refractivity contribution in [1.82, 2.24) is 20.1 Å². The normalized spacial score (nSPS) is 20.8. The van der Waals surface area contributed by atoms with Crippen LogP contribution in [0.4, 0.5) is 19.0 Å². The Morgan fingerprint density at radius 2 is 2.06 bits per heavy atom. The molecule has 1 aliphatic heterocycles. The molecule has 2 aromatic heterocycles. The summed E-state index contributed by atoms with van der Waals surface area (Å²) in [6, 6.07) is 2.56. The number of nitrogens with one attached hydrogen (secondary N) is 1. The Kier molecular flexibility index (Phi) is 4.28. The topological polar surface area (TPSA) is 78.0 Å². The molecule has 0 radical (unpaired) electrons. The third-order valence-electron chi connectivity index (χ3n) is 5.32. The maximum atomic E-state index is 14.8. The lowest BCUT2D eigenvalue weighted by Gasteiger charge is -2.23. The van der Waals surface area contributed by atoms with Crippen molar-refractivity contribution in [2.75, 3.05) is 18.8 Å². The largest absolute Gasteiger partial charge is 0.476 e. The first-order valence-electron chi connectivity index (χ1n) is 13.4. The second-order valence-corrected chi connectivity index (χ2v) is 7.41. The summed E-state index contributed by atoms with van der Waals surface area (Å²) in [5.41, 5.74) is 3.11. The molecule has 32 heavy (non-hydrogen) atoms. The summed E-state index contributed by atoms with van der Waals surface area (Å²) in [7, 11) is 0. The van der Waals surface area contributed by atoms with Crippen LogP contribution in [0.25, 0.3) is 11.1 Å². The monoisotopic (exact) mass is 452 g/mol. The average Bonchev–Trinajstić information content (AvgIpc) is 3.34. The van der Waals surface area contributed by atoms with E-state index in [4.69, 9.17) is 20.1 Å². The molecule has 0 saturated carbocycles. The van der Waals surface area contributed by atoms with Crippen LogP contribution in [0.2, 0.25) is 0 Å². The lowest BCUT2D eigenvalue weighted by atomic mass is 9.97. The molecule has 0 amide bonds. The van der Waals surface area contributed by atoms with Crippen molar-refractivity contribution < 1.29 is 27.5 Å². The quantitative estimate of drug-likeness (QED) is 0.572. The van der Waals surface area contributed by atoms with E-state index in [-0.39, 0.29) is 6.04 Å². The number of nitrogens with zero attached hydrogens (tertiary/aromatic N) is 3. The number of alkyl halides is 2. The summed E-state index contributed by atoms with van der Waals surface area (Å²) in [4.78, 5) is 3.96. The lowest BCUT2D eigenvalue weighted by Crippen LogP contribution is -2.29. The minimum Gasteiger partial charge on any atom is -0.476 e. The number of hydrogen-bond acceptors (Lipinski definition) is 5. The number of anilines is 1. The van der Waals surface area contributed by atoms with Gasteiger partial charge in [-0.25, -0.2) is 18.2 Å². The molecule has 1 aliphatic rings. The Balaban J connectivity index is 1.82. The lowest BCUT2D eigenvalue weighted by molar-refractivity contribution is 0.00988. The van der Waals surface area contributed by atoms with E-state index in [2.05, 4.69) is 15.4 Å². The first-order valence-corrected chi connectivity index (χ1v) is 9.95. The van der Waals surface area contributed by atoms with Crippen LogP contribution < -0.4 is 15.8 Å². The zero-order chi connectivity index (χ0) is 28.8. The van der Waals surface area contributed by atoms with Gasteiger partial charge in [0.1, 0.15) is 5.82 Å². The van der Waals surface area contributed by atoms with E-state index in [9.17, 15) is 13.2 Å². The molecular formula is C23H26F3N5O. The zero-order valence-corrected chi connectivity index (χ0v) is 16.9. The Morgan fingerprint density at radius 3 is 2.78 bits per heavy atom. The Morgan fingerprint density at radius 1 is 1.25 bits per heavy atom. The van der Waals surface area contributed by atoms with Gasteiger partial charge in [-0.1, -0.05) is 6.07 Å². The summed E-state index contributed by atoms with van der Waals surface area (Å²) < 4.78 is 106. The second kappa shape index (κ2) is 9.20. The van der Waals surface area contributed by atoms with E-state index in [0.29, 0.717) is 23.3 Å². The molecule has 1 unspecified atom stereocenters. The number of aromatic nitrogens is 3. The minimum absolute atomic E-state index is 0.154. The van der Waals surface area contributed by atoms with Crippen molar-refractivity contribution in [3.8, 4) is 16.9 Å². The molecule has 1 aromatic carbocycles. The number of ether oxygens (including phenoxy) is 1. The summed E-state index contributed by atoms with van der Waals surface area (Å²) >= 11 is 0. The van der Waals surface area contributed by atoms with Gasteiger partial charge >= 0.3 is 0 Å². The zero-order valence-electron chi connectivity index (χ0n) is 23.9. The molecule has 6 nitrogen and oxygen atoms in total. The standard InChI is InChI=1S/C23H26F3N5O/c1-13-3-4-18(24)14(2)20(13)21(22(25)26)32-19-9-15(10-29-23(19)27)16-11-30-31(12-16)17-5-7-28-8-6-17/h3-4,9-12,17,21-22,28H,5-8H2,1-2H3,(H2,27,29)/i1D3,2D3,21D. The molecule has 1 fully saturated rings. The first-order chi connectivity index (χ1) is 18.1. The van der Waals surface area contributed by atoms with Gasteiger partial charge in [0.05, 0.1) is 13.6 Å². The molecule has 1 atom stereocenters.